The zero-order valence-corrected chi connectivity index (χ0v) is 14.7. The van der Waals surface area contributed by atoms with Gasteiger partial charge in [-0.25, -0.2) is 0 Å². The molecule has 3 heterocycles. The average molecular weight is 337 g/mol. The smallest absolute Gasteiger partial charge is 0.270 e. The number of aryl methyl sites for hydroxylation is 1. The van der Waals surface area contributed by atoms with Crippen LogP contribution in [0.5, 0.6) is 0 Å². The van der Waals surface area contributed by atoms with Gasteiger partial charge in [0.25, 0.3) is 5.91 Å². The van der Waals surface area contributed by atoms with Gasteiger partial charge in [-0.2, -0.15) is 0 Å². The molecular formula is C20H23N3O2. The molecule has 0 N–H and O–H groups in total. The normalized spacial score (nSPS) is 26.0. The van der Waals surface area contributed by atoms with Crippen molar-refractivity contribution in [2.24, 2.45) is 12.5 Å². The van der Waals surface area contributed by atoms with Gasteiger partial charge in [-0.3, -0.25) is 9.59 Å². The SMILES string of the molecule is CN1CC[C@@]2(CN(C(=O)c3cccn3C)C[C@H]2c2ccccc2)C1=O. The minimum Gasteiger partial charge on any atom is -0.347 e. The average Bonchev–Trinajstić information content (AvgIpc) is 3.30. The van der Waals surface area contributed by atoms with E-state index < -0.39 is 5.41 Å². The summed E-state index contributed by atoms with van der Waals surface area (Å²) in [4.78, 5) is 29.7. The molecule has 0 aliphatic carbocycles. The number of amides is 2. The zero-order chi connectivity index (χ0) is 17.6. The van der Waals surface area contributed by atoms with Crippen LogP contribution in [-0.4, -0.2) is 52.9 Å². The summed E-state index contributed by atoms with van der Waals surface area (Å²) in [5, 5.41) is 0. The number of hydrogen-bond acceptors (Lipinski definition) is 2. The van der Waals surface area contributed by atoms with E-state index in [-0.39, 0.29) is 17.7 Å². The second-order valence-electron chi connectivity index (χ2n) is 7.29. The minimum absolute atomic E-state index is 0.00709. The van der Waals surface area contributed by atoms with Crippen LogP contribution in [-0.2, 0) is 11.8 Å². The molecule has 2 fully saturated rings. The van der Waals surface area contributed by atoms with Crippen LogP contribution in [0.4, 0.5) is 0 Å². The van der Waals surface area contributed by atoms with Gasteiger partial charge in [-0.15, -0.1) is 0 Å². The fraction of sp³-hybridized carbons (Fsp3) is 0.400. The summed E-state index contributed by atoms with van der Waals surface area (Å²) in [7, 11) is 3.74. The maximum Gasteiger partial charge on any atom is 0.270 e. The van der Waals surface area contributed by atoms with Gasteiger partial charge < -0.3 is 14.4 Å². The lowest BCUT2D eigenvalue weighted by Crippen LogP contribution is -2.39. The van der Waals surface area contributed by atoms with Crippen molar-refractivity contribution < 1.29 is 9.59 Å². The number of likely N-dealkylation sites (tertiary alicyclic amines) is 2. The van der Waals surface area contributed by atoms with E-state index in [2.05, 4.69) is 12.1 Å². The third-order valence-electron chi connectivity index (χ3n) is 5.86. The van der Waals surface area contributed by atoms with Crippen molar-refractivity contribution >= 4 is 11.8 Å². The van der Waals surface area contributed by atoms with E-state index >= 15 is 0 Å². The first-order valence-corrected chi connectivity index (χ1v) is 8.74. The molecule has 2 aliphatic heterocycles. The molecule has 5 heteroatoms. The maximum absolute atomic E-state index is 13.0. The van der Waals surface area contributed by atoms with E-state index in [1.54, 1.807) is 0 Å². The van der Waals surface area contributed by atoms with Gasteiger partial charge in [-0.1, -0.05) is 30.3 Å². The Morgan fingerprint density at radius 2 is 1.88 bits per heavy atom. The summed E-state index contributed by atoms with van der Waals surface area (Å²) >= 11 is 0. The maximum atomic E-state index is 13.0. The van der Waals surface area contributed by atoms with Gasteiger partial charge in [0.1, 0.15) is 5.69 Å². The highest BCUT2D eigenvalue weighted by atomic mass is 16.2. The molecular weight excluding hydrogens is 314 g/mol. The summed E-state index contributed by atoms with van der Waals surface area (Å²) < 4.78 is 1.84. The first kappa shape index (κ1) is 15.9. The molecule has 1 spiro atoms. The molecule has 25 heavy (non-hydrogen) atoms. The number of benzene rings is 1. The largest absolute Gasteiger partial charge is 0.347 e. The van der Waals surface area contributed by atoms with E-state index in [4.69, 9.17) is 0 Å². The van der Waals surface area contributed by atoms with Crippen LogP contribution < -0.4 is 0 Å². The third kappa shape index (κ3) is 2.37. The fourth-order valence-corrected chi connectivity index (χ4v) is 4.45. The monoisotopic (exact) mass is 337 g/mol. The lowest BCUT2D eigenvalue weighted by molar-refractivity contribution is -0.134. The van der Waals surface area contributed by atoms with Gasteiger partial charge in [0.2, 0.25) is 5.91 Å². The van der Waals surface area contributed by atoms with Crippen molar-refractivity contribution in [1.82, 2.24) is 14.4 Å². The van der Waals surface area contributed by atoms with Gasteiger partial charge in [0.15, 0.2) is 0 Å². The van der Waals surface area contributed by atoms with Crippen molar-refractivity contribution in [2.75, 3.05) is 26.7 Å². The van der Waals surface area contributed by atoms with Crippen LogP contribution in [0.2, 0.25) is 0 Å². The molecule has 1 aromatic heterocycles. The molecule has 1 aromatic carbocycles. The van der Waals surface area contributed by atoms with Crippen LogP contribution in [0.3, 0.4) is 0 Å². The molecule has 4 rings (SSSR count). The summed E-state index contributed by atoms with van der Waals surface area (Å²) in [6, 6.07) is 13.9. The van der Waals surface area contributed by atoms with Gasteiger partial charge in [-0.05, 0) is 24.1 Å². The Bertz CT molecular complexity index is 813. The van der Waals surface area contributed by atoms with E-state index in [1.807, 2.05) is 65.0 Å². The Kier molecular flexibility index (Phi) is 3.67. The number of aromatic nitrogens is 1. The molecule has 2 aliphatic rings. The molecule has 130 valence electrons. The first-order valence-electron chi connectivity index (χ1n) is 8.74. The van der Waals surface area contributed by atoms with Crippen molar-refractivity contribution in [1.29, 1.82) is 0 Å². The summed E-state index contributed by atoms with van der Waals surface area (Å²) in [5.74, 6) is 0.228. The summed E-state index contributed by atoms with van der Waals surface area (Å²) in [5.41, 5.74) is 1.33. The number of nitrogens with zero attached hydrogens (tertiary/aromatic N) is 3. The van der Waals surface area contributed by atoms with Gasteiger partial charge in [0, 0.05) is 45.8 Å². The number of carbonyl (C=O) groups excluding carboxylic acids is 2. The highest BCUT2D eigenvalue weighted by Crippen LogP contribution is 2.49. The highest BCUT2D eigenvalue weighted by Gasteiger charge is 2.57. The van der Waals surface area contributed by atoms with Gasteiger partial charge >= 0.3 is 0 Å². The summed E-state index contributed by atoms with van der Waals surface area (Å²) in [6.45, 7) is 1.85. The van der Waals surface area contributed by atoms with Crippen LogP contribution >= 0.6 is 0 Å². The van der Waals surface area contributed by atoms with E-state index in [1.165, 1.54) is 0 Å². The van der Waals surface area contributed by atoms with Crippen molar-refractivity contribution in [3.8, 4) is 0 Å². The third-order valence-corrected chi connectivity index (χ3v) is 5.86. The molecule has 0 bridgehead atoms. The molecule has 2 amide bonds. The van der Waals surface area contributed by atoms with Crippen molar-refractivity contribution in [3.05, 3.63) is 59.9 Å². The number of hydrogen-bond donors (Lipinski definition) is 0. The predicted molar refractivity (Wildman–Crippen MR) is 95.2 cm³/mol. The van der Waals surface area contributed by atoms with Crippen molar-refractivity contribution in [3.63, 3.8) is 0 Å². The second-order valence-corrected chi connectivity index (χ2v) is 7.29. The lowest BCUT2D eigenvalue weighted by Gasteiger charge is -2.28. The van der Waals surface area contributed by atoms with E-state index in [9.17, 15) is 9.59 Å². The van der Waals surface area contributed by atoms with Crippen molar-refractivity contribution in [2.45, 2.75) is 12.3 Å². The van der Waals surface area contributed by atoms with E-state index in [0.29, 0.717) is 18.8 Å². The standard InChI is InChI=1S/C20H23N3O2/c1-21-11-6-9-17(21)18(24)23-13-16(15-7-4-3-5-8-15)20(14-23)10-12-22(2)19(20)25/h3-9,11,16H,10,12-14H2,1-2H3/t16-,20-/m0/s1. The Labute approximate surface area is 147 Å². The molecule has 2 saturated heterocycles. The molecule has 5 nitrogen and oxygen atoms in total. The summed E-state index contributed by atoms with van der Waals surface area (Å²) in [6.07, 6.45) is 2.68. The molecule has 2 atom stereocenters. The van der Waals surface area contributed by atoms with Crippen LogP contribution in [0.25, 0.3) is 0 Å². The second kappa shape index (κ2) is 5.76. The van der Waals surface area contributed by atoms with Crippen LogP contribution in [0.1, 0.15) is 28.4 Å². The Morgan fingerprint density at radius 1 is 1.12 bits per heavy atom. The Morgan fingerprint density at radius 3 is 2.48 bits per heavy atom. The molecule has 0 unspecified atom stereocenters. The highest BCUT2D eigenvalue weighted by molar-refractivity contribution is 5.95. The topological polar surface area (TPSA) is 45.5 Å². The fourth-order valence-electron chi connectivity index (χ4n) is 4.45. The Balaban J connectivity index is 1.71. The molecule has 0 saturated carbocycles. The van der Waals surface area contributed by atoms with E-state index in [0.717, 1.165) is 18.5 Å². The molecule has 0 radical (unpaired) electrons. The lowest BCUT2D eigenvalue weighted by atomic mass is 9.73. The Hall–Kier alpha value is -2.56. The minimum atomic E-state index is -0.489. The first-order chi connectivity index (χ1) is 12.0. The van der Waals surface area contributed by atoms with Crippen LogP contribution in [0.15, 0.2) is 48.7 Å². The quantitative estimate of drug-likeness (QED) is 0.843. The van der Waals surface area contributed by atoms with Crippen LogP contribution in [0, 0.1) is 5.41 Å². The zero-order valence-electron chi connectivity index (χ0n) is 14.7. The number of carbonyl (C=O) groups is 2. The predicted octanol–water partition coefficient (Wildman–Crippen LogP) is 2.11. The molecule has 2 aromatic rings. The van der Waals surface area contributed by atoms with Gasteiger partial charge in [0.05, 0.1) is 5.41 Å². The number of rotatable bonds is 2.